The molecule has 1 N–H and O–H groups in total. The molecule has 0 heterocycles. The second-order valence-electron chi connectivity index (χ2n) is 5.34. The minimum Gasteiger partial charge on any atom is -0.377 e. The zero-order valence-electron chi connectivity index (χ0n) is 10.7. The number of terminal acetylenes is 1. The number of rotatable bonds is 0. The number of aliphatic hydroxyl groups is 1. The van der Waals surface area contributed by atoms with Crippen molar-refractivity contribution < 1.29 is 5.11 Å². The Bertz CT molecular complexity index is 228. The van der Waals surface area contributed by atoms with Crippen LogP contribution in [0, 0.1) is 18.3 Å². The van der Waals surface area contributed by atoms with Gasteiger partial charge < -0.3 is 5.11 Å². The molecule has 0 amide bonds. The molecule has 1 aliphatic rings. The topological polar surface area (TPSA) is 20.2 Å². The van der Waals surface area contributed by atoms with Gasteiger partial charge in [0.25, 0.3) is 0 Å². The average Bonchev–Trinajstić information content (AvgIpc) is 2.29. The quantitative estimate of drug-likeness (QED) is 0.616. The van der Waals surface area contributed by atoms with E-state index in [1.807, 2.05) is 0 Å². The van der Waals surface area contributed by atoms with Crippen LogP contribution in [0.5, 0.6) is 0 Å². The van der Waals surface area contributed by atoms with Gasteiger partial charge in [0.05, 0.1) is 0 Å². The van der Waals surface area contributed by atoms with Gasteiger partial charge in [-0.2, -0.15) is 0 Å². The summed E-state index contributed by atoms with van der Waals surface area (Å²) in [6.45, 7) is 2.10. The maximum atomic E-state index is 10.4. The molecule has 1 rings (SSSR count). The van der Waals surface area contributed by atoms with Gasteiger partial charge in [-0.25, -0.2) is 0 Å². The Morgan fingerprint density at radius 2 is 1.50 bits per heavy atom. The average molecular weight is 222 g/mol. The smallest absolute Gasteiger partial charge is 0.127 e. The van der Waals surface area contributed by atoms with Crippen molar-refractivity contribution in [2.24, 2.45) is 5.92 Å². The first kappa shape index (κ1) is 13.6. The van der Waals surface area contributed by atoms with E-state index in [1.54, 1.807) is 0 Å². The normalized spacial score (nSPS) is 34.4. The lowest BCUT2D eigenvalue weighted by Gasteiger charge is -2.29. The highest BCUT2D eigenvalue weighted by Crippen LogP contribution is 2.29. The molecule has 0 saturated heterocycles. The lowest BCUT2D eigenvalue weighted by Crippen LogP contribution is -2.34. The molecule has 2 unspecified atom stereocenters. The molecular weight excluding hydrogens is 196 g/mol. The molecule has 0 aromatic heterocycles. The van der Waals surface area contributed by atoms with Crippen LogP contribution in [0.25, 0.3) is 0 Å². The van der Waals surface area contributed by atoms with Gasteiger partial charge in [-0.05, 0) is 25.2 Å². The summed E-state index contributed by atoms with van der Waals surface area (Å²) in [4.78, 5) is 0. The highest BCUT2D eigenvalue weighted by atomic mass is 16.3. The third-order valence-electron chi connectivity index (χ3n) is 4.01. The molecule has 1 heteroatoms. The van der Waals surface area contributed by atoms with Crippen molar-refractivity contribution in [3.05, 3.63) is 0 Å². The van der Waals surface area contributed by atoms with Crippen molar-refractivity contribution in [3.63, 3.8) is 0 Å². The molecule has 0 aromatic rings. The van der Waals surface area contributed by atoms with Crippen molar-refractivity contribution >= 4 is 0 Å². The predicted molar refractivity (Wildman–Crippen MR) is 69.1 cm³/mol. The SMILES string of the molecule is C#CC1(O)CCCCCCCCCCC1C. The van der Waals surface area contributed by atoms with Gasteiger partial charge in [0.15, 0.2) is 0 Å². The Balaban J connectivity index is 2.51. The van der Waals surface area contributed by atoms with Gasteiger partial charge in [0.2, 0.25) is 0 Å². The summed E-state index contributed by atoms with van der Waals surface area (Å²) >= 11 is 0. The van der Waals surface area contributed by atoms with Gasteiger partial charge in [0, 0.05) is 0 Å². The molecule has 0 aromatic carbocycles. The third-order valence-corrected chi connectivity index (χ3v) is 4.01. The molecule has 1 aliphatic carbocycles. The lowest BCUT2D eigenvalue weighted by molar-refractivity contribution is 0.0296. The van der Waals surface area contributed by atoms with E-state index in [4.69, 9.17) is 6.42 Å². The van der Waals surface area contributed by atoms with Crippen molar-refractivity contribution in [2.45, 2.75) is 76.7 Å². The van der Waals surface area contributed by atoms with E-state index in [-0.39, 0.29) is 5.92 Å². The van der Waals surface area contributed by atoms with Crippen molar-refractivity contribution in [1.29, 1.82) is 0 Å². The van der Waals surface area contributed by atoms with Gasteiger partial charge >= 0.3 is 0 Å². The zero-order chi connectivity index (χ0) is 11.9. The molecular formula is C15H26O. The van der Waals surface area contributed by atoms with Gasteiger partial charge in [0.1, 0.15) is 5.60 Å². The Hall–Kier alpha value is -0.480. The molecule has 92 valence electrons. The molecule has 0 spiro atoms. The van der Waals surface area contributed by atoms with Crippen molar-refractivity contribution in [2.75, 3.05) is 0 Å². The Labute approximate surface area is 101 Å². The Morgan fingerprint density at radius 1 is 1.00 bits per heavy atom. The molecule has 0 bridgehead atoms. The molecule has 1 nitrogen and oxygen atoms in total. The largest absolute Gasteiger partial charge is 0.377 e. The summed E-state index contributed by atoms with van der Waals surface area (Å²) in [6.07, 6.45) is 17.5. The van der Waals surface area contributed by atoms with Crippen LogP contribution in [-0.4, -0.2) is 10.7 Å². The second kappa shape index (κ2) is 6.97. The molecule has 16 heavy (non-hydrogen) atoms. The van der Waals surface area contributed by atoms with E-state index in [2.05, 4.69) is 12.8 Å². The lowest BCUT2D eigenvalue weighted by atomic mass is 9.81. The van der Waals surface area contributed by atoms with Gasteiger partial charge in [-0.3, -0.25) is 0 Å². The molecule has 2 atom stereocenters. The number of hydrogen-bond acceptors (Lipinski definition) is 1. The maximum absolute atomic E-state index is 10.4. The molecule has 1 fully saturated rings. The first-order valence-electron chi connectivity index (χ1n) is 6.89. The van der Waals surface area contributed by atoms with Crippen LogP contribution in [0.4, 0.5) is 0 Å². The van der Waals surface area contributed by atoms with E-state index < -0.39 is 5.60 Å². The second-order valence-corrected chi connectivity index (χ2v) is 5.34. The van der Waals surface area contributed by atoms with Gasteiger partial charge in [-0.15, -0.1) is 6.42 Å². The summed E-state index contributed by atoms with van der Waals surface area (Å²) in [6, 6.07) is 0. The van der Waals surface area contributed by atoms with Crippen LogP contribution < -0.4 is 0 Å². The summed E-state index contributed by atoms with van der Waals surface area (Å²) in [5, 5.41) is 10.4. The fourth-order valence-corrected chi connectivity index (χ4v) is 2.61. The summed E-state index contributed by atoms with van der Waals surface area (Å²) in [7, 11) is 0. The highest BCUT2D eigenvalue weighted by molar-refractivity contribution is 5.09. The van der Waals surface area contributed by atoms with Crippen LogP contribution in [0.1, 0.15) is 71.1 Å². The summed E-state index contributed by atoms with van der Waals surface area (Å²) in [5.41, 5.74) is -0.848. The Kier molecular flexibility index (Phi) is 5.91. The van der Waals surface area contributed by atoms with Crippen LogP contribution in [0.3, 0.4) is 0 Å². The summed E-state index contributed by atoms with van der Waals surface area (Å²) < 4.78 is 0. The third kappa shape index (κ3) is 4.18. The molecule has 1 saturated carbocycles. The minimum absolute atomic E-state index is 0.247. The van der Waals surface area contributed by atoms with Crippen LogP contribution in [0.15, 0.2) is 0 Å². The first-order valence-corrected chi connectivity index (χ1v) is 6.89. The van der Waals surface area contributed by atoms with E-state index in [1.165, 1.54) is 44.9 Å². The van der Waals surface area contributed by atoms with E-state index in [0.29, 0.717) is 0 Å². The van der Waals surface area contributed by atoms with Crippen molar-refractivity contribution in [3.8, 4) is 12.3 Å². The highest BCUT2D eigenvalue weighted by Gasteiger charge is 2.30. The summed E-state index contributed by atoms with van der Waals surface area (Å²) in [5.74, 6) is 2.88. The van der Waals surface area contributed by atoms with Crippen LogP contribution in [0.2, 0.25) is 0 Å². The predicted octanol–water partition coefficient (Wildman–Crippen LogP) is 3.90. The van der Waals surface area contributed by atoms with E-state index >= 15 is 0 Å². The van der Waals surface area contributed by atoms with Gasteiger partial charge in [-0.1, -0.05) is 57.8 Å². The minimum atomic E-state index is -0.848. The Morgan fingerprint density at radius 3 is 2.06 bits per heavy atom. The zero-order valence-corrected chi connectivity index (χ0v) is 10.7. The first-order chi connectivity index (χ1) is 7.69. The number of hydrogen-bond donors (Lipinski definition) is 1. The van der Waals surface area contributed by atoms with Crippen LogP contribution >= 0.6 is 0 Å². The molecule has 0 aliphatic heterocycles. The molecule has 0 radical (unpaired) electrons. The monoisotopic (exact) mass is 222 g/mol. The van der Waals surface area contributed by atoms with E-state index in [9.17, 15) is 5.11 Å². The fourth-order valence-electron chi connectivity index (χ4n) is 2.61. The van der Waals surface area contributed by atoms with E-state index in [0.717, 1.165) is 19.3 Å². The van der Waals surface area contributed by atoms with Crippen LogP contribution in [-0.2, 0) is 0 Å². The standard InChI is InChI=1S/C15H26O/c1-3-15(16)13-11-9-7-5-4-6-8-10-12-14(15)2/h1,14,16H,4-13H2,2H3. The van der Waals surface area contributed by atoms with Crippen molar-refractivity contribution in [1.82, 2.24) is 0 Å². The fraction of sp³-hybridized carbons (Fsp3) is 0.867. The maximum Gasteiger partial charge on any atom is 0.127 e.